The van der Waals surface area contributed by atoms with E-state index in [4.69, 9.17) is 5.73 Å². The molecule has 4 N–H and O–H groups in total. The second-order valence-electron chi connectivity index (χ2n) is 8.69. The summed E-state index contributed by atoms with van der Waals surface area (Å²) in [5, 5.41) is 3.20. The first-order chi connectivity index (χ1) is 13.8. The summed E-state index contributed by atoms with van der Waals surface area (Å²) < 4.78 is 39.2. The third-order valence-corrected chi connectivity index (χ3v) is 4.79. The van der Waals surface area contributed by atoms with Crippen molar-refractivity contribution in [2.75, 3.05) is 5.32 Å². The van der Waals surface area contributed by atoms with Crippen LogP contribution in [0.5, 0.6) is 0 Å². The van der Waals surface area contributed by atoms with Crippen molar-refractivity contribution in [2.45, 2.75) is 46.3 Å². The number of nitrogens with zero attached hydrogens (tertiary/aromatic N) is 1. The lowest BCUT2D eigenvalue weighted by molar-refractivity contribution is -0.140. The van der Waals surface area contributed by atoms with Gasteiger partial charge in [-0.2, -0.15) is 13.2 Å². The lowest BCUT2D eigenvalue weighted by Gasteiger charge is -2.22. The van der Waals surface area contributed by atoms with E-state index in [1.165, 1.54) is 6.20 Å². The number of nitrogens with two attached hydrogens (primary N) is 1. The van der Waals surface area contributed by atoms with E-state index in [1.807, 2.05) is 27.7 Å². The lowest BCUT2D eigenvalue weighted by Crippen LogP contribution is -2.38. The minimum Gasteiger partial charge on any atom is -0.336 e. The molecule has 0 bridgehead atoms. The molecule has 0 fully saturated rings. The van der Waals surface area contributed by atoms with Gasteiger partial charge in [-0.3, -0.25) is 4.79 Å². The fourth-order valence-electron chi connectivity index (χ4n) is 3.45. The maximum Gasteiger partial charge on any atom is 0.431 e. The molecule has 1 atom stereocenters. The number of amides is 1. The van der Waals surface area contributed by atoms with Crippen LogP contribution < -0.4 is 11.1 Å². The Morgan fingerprint density at radius 2 is 1.87 bits per heavy atom. The highest BCUT2D eigenvalue weighted by Crippen LogP contribution is 2.36. The van der Waals surface area contributed by atoms with Crippen molar-refractivity contribution in [3.05, 3.63) is 47.8 Å². The van der Waals surface area contributed by atoms with Crippen molar-refractivity contribution in [1.82, 2.24) is 9.97 Å². The first-order valence-corrected chi connectivity index (χ1v) is 9.57. The van der Waals surface area contributed by atoms with Gasteiger partial charge in [0.25, 0.3) is 0 Å². The second-order valence-corrected chi connectivity index (χ2v) is 8.69. The molecule has 0 aliphatic carbocycles. The Balaban J connectivity index is 1.89. The van der Waals surface area contributed by atoms with E-state index in [1.54, 1.807) is 24.3 Å². The average molecular weight is 418 g/mol. The number of carbonyl (C=O) groups excluding carboxylic acids is 1. The van der Waals surface area contributed by atoms with Crippen LogP contribution in [0.2, 0.25) is 0 Å². The normalized spacial score (nSPS) is 13.5. The number of halogens is 3. The number of aryl methyl sites for hydroxylation is 1. The van der Waals surface area contributed by atoms with Crippen LogP contribution in [0, 0.1) is 12.3 Å². The number of nitrogens with one attached hydrogen (secondary N) is 2. The topological polar surface area (TPSA) is 83.8 Å². The Labute approximate surface area is 172 Å². The molecule has 0 aliphatic heterocycles. The van der Waals surface area contributed by atoms with E-state index in [-0.39, 0.29) is 17.0 Å². The molecule has 0 saturated heterocycles. The molecule has 0 spiro atoms. The maximum atomic E-state index is 13.1. The molecule has 3 aromatic rings. The van der Waals surface area contributed by atoms with Crippen molar-refractivity contribution >= 4 is 22.6 Å². The molecule has 2 aromatic heterocycles. The van der Waals surface area contributed by atoms with Gasteiger partial charge in [0.15, 0.2) is 0 Å². The molecule has 0 saturated carbocycles. The minimum absolute atomic E-state index is 0.0743. The fraction of sp³-hybridized carbons (Fsp3) is 0.364. The molecular formula is C22H25F3N4O. The van der Waals surface area contributed by atoms with Crippen molar-refractivity contribution in [2.24, 2.45) is 11.1 Å². The number of rotatable bonds is 4. The van der Waals surface area contributed by atoms with Crippen LogP contribution in [-0.2, 0) is 11.0 Å². The molecule has 0 radical (unpaired) electrons. The number of aromatic amines is 1. The number of H-pyrrole nitrogens is 1. The summed E-state index contributed by atoms with van der Waals surface area (Å²) in [5.41, 5.74) is 8.03. The average Bonchev–Trinajstić information content (AvgIpc) is 3.05. The van der Waals surface area contributed by atoms with Gasteiger partial charge >= 0.3 is 6.18 Å². The van der Waals surface area contributed by atoms with Crippen molar-refractivity contribution in [1.29, 1.82) is 0 Å². The lowest BCUT2D eigenvalue weighted by atomic mass is 9.88. The number of anilines is 1. The quantitative estimate of drug-likeness (QED) is 0.540. The zero-order valence-electron chi connectivity index (χ0n) is 17.3. The number of pyridine rings is 1. The Kier molecular flexibility index (Phi) is 5.64. The number of fused-ring (bicyclic) bond motifs is 1. The largest absolute Gasteiger partial charge is 0.431 e. The smallest absolute Gasteiger partial charge is 0.336 e. The predicted octanol–water partition coefficient (Wildman–Crippen LogP) is 5.26. The van der Waals surface area contributed by atoms with E-state index in [0.717, 1.165) is 17.2 Å². The van der Waals surface area contributed by atoms with Crippen LogP contribution in [0.1, 0.15) is 38.4 Å². The van der Waals surface area contributed by atoms with Crippen LogP contribution in [0.15, 0.2) is 36.5 Å². The summed E-state index contributed by atoms with van der Waals surface area (Å²) in [7, 11) is 0. The third-order valence-electron chi connectivity index (χ3n) is 4.79. The zero-order chi connectivity index (χ0) is 22.3. The summed E-state index contributed by atoms with van der Waals surface area (Å²) in [6.07, 6.45) is -2.47. The number of aromatic nitrogens is 2. The van der Waals surface area contributed by atoms with Gasteiger partial charge in [0.1, 0.15) is 11.3 Å². The van der Waals surface area contributed by atoms with Crippen LogP contribution in [-0.4, -0.2) is 21.9 Å². The third kappa shape index (κ3) is 4.81. The SMILES string of the molecule is Cc1cc(NC(=O)[C@H](N)CC(C)(C)C)ccc1-c1ccnc2[nH]c(C(F)(F)F)cc12. The molecule has 5 nitrogen and oxygen atoms in total. The number of hydrogen-bond donors (Lipinski definition) is 3. The Morgan fingerprint density at radius 1 is 1.17 bits per heavy atom. The van der Waals surface area contributed by atoms with Crippen LogP contribution >= 0.6 is 0 Å². The first kappa shape index (κ1) is 21.8. The summed E-state index contributed by atoms with van der Waals surface area (Å²) in [6, 6.07) is 7.38. The van der Waals surface area contributed by atoms with Gasteiger partial charge in [0, 0.05) is 17.3 Å². The van der Waals surface area contributed by atoms with Crippen LogP contribution in [0.3, 0.4) is 0 Å². The van der Waals surface area contributed by atoms with Gasteiger partial charge in [0.2, 0.25) is 5.91 Å². The highest BCUT2D eigenvalue weighted by Gasteiger charge is 2.33. The molecule has 2 heterocycles. The summed E-state index contributed by atoms with van der Waals surface area (Å²) in [5.74, 6) is -0.274. The van der Waals surface area contributed by atoms with E-state index in [9.17, 15) is 18.0 Å². The highest BCUT2D eigenvalue weighted by molar-refractivity contribution is 5.97. The van der Waals surface area contributed by atoms with Crippen molar-refractivity contribution < 1.29 is 18.0 Å². The molecule has 160 valence electrons. The number of benzene rings is 1. The van der Waals surface area contributed by atoms with Crippen molar-refractivity contribution in [3.8, 4) is 11.1 Å². The Morgan fingerprint density at radius 3 is 2.47 bits per heavy atom. The van der Waals surface area contributed by atoms with E-state index in [2.05, 4.69) is 15.3 Å². The molecule has 30 heavy (non-hydrogen) atoms. The molecule has 1 aromatic carbocycles. The first-order valence-electron chi connectivity index (χ1n) is 9.57. The second kappa shape index (κ2) is 7.75. The molecule has 0 unspecified atom stereocenters. The zero-order valence-corrected chi connectivity index (χ0v) is 17.3. The van der Waals surface area contributed by atoms with Crippen molar-refractivity contribution in [3.63, 3.8) is 0 Å². The van der Waals surface area contributed by atoms with Gasteiger partial charge in [-0.15, -0.1) is 0 Å². The maximum absolute atomic E-state index is 13.1. The molecule has 0 aliphatic rings. The van der Waals surface area contributed by atoms with E-state index >= 15 is 0 Å². The Bertz CT molecular complexity index is 1080. The van der Waals surface area contributed by atoms with E-state index in [0.29, 0.717) is 23.1 Å². The van der Waals surface area contributed by atoms with Crippen LogP contribution in [0.4, 0.5) is 18.9 Å². The molecule has 3 rings (SSSR count). The predicted molar refractivity (Wildman–Crippen MR) is 112 cm³/mol. The van der Waals surface area contributed by atoms with E-state index < -0.39 is 17.9 Å². The number of alkyl halides is 3. The molecule has 8 heteroatoms. The standard InChI is InChI=1S/C22H25F3N4O/c1-12-9-13(28-20(30)17(26)11-21(2,3)4)5-6-14(12)15-7-8-27-19-16(15)10-18(29-19)22(23,24)25/h5-10,17H,11,26H2,1-4H3,(H,27,29)(H,28,30)/t17-/m1/s1. The summed E-state index contributed by atoms with van der Waals surface area (Å²) in [4.78, 5) is 18.7. The molecular weight excluding hydrogens is 393 g/mol. The number of carbonyl (C=O) groups is 1. The summed E-state index contributed by atoms with van der Waals surface area (Å²) in [6.45, 7) is 7.88. The highest BCUT2D eigenvalue weighted by atomic mass is 19.4. The number of hydrogen-bond acceptors (Lipinski definition) is 3. The van der Waals surface area contributed by atoms with Crippen LogP contribution in [0.25, 0.3) is 22.2 Å². The molecule has 1 amide bonds. The van der Waals surface area contributed by atoms with Gasteiger partial charge in [-0.05, 0) is 59.7 Å². The van der Waals surface area contributed by atoms with Gasteiger partial charge in [0.05, 0.1) is 6.04 Å². The fourth-order valence-corrected chi connectivity index (χ4v) is 3.45. The summed E-state index contributed by atoms with van der Waals surface area (Å²) >= 11 is 0. The van der Waals surface area contributed by atoms with Gasteiger partial charge in [-0.25, -0.2) is 4.98 Å². The van der Waals surface area contributed by atoms with Gasteiger partial charge in [-0.1, -0.05) is 26.8 Å². The Hall–Kier alpha value is -2.87. The minimum atomic E-state index is -4.48. The monoisotopic (exact) mass is 418 g/mol. The van der Waals surface area contributed by atoms with Gasteiger partial charge < -0.3 is 16.0 Å².